The van der Waals surface area contributed by atoms with E-state index in [2.05, 4.69) is 33.0 Å². The van der Waals surface area contributed by atoms with Crippen molar-refractivity contribution in [3.05, 3.63) is 0 Å². The summed E-state index contributed by atoms with van der Waals surface area (Å²) in [6, 6.07) is 0.367. The Balaban J connectivity index is 0.00000200. The number of hydrogen-bond acceptors (Lipinski definition) is 2. The SMILES string of the molecule is CC(CCC(C)(C)C)NC(=O)C1C2CCC(C2)C1N.Cl. The van der Waals surface area contributed by atoms with Crippen molar-refractivity contribution >= 4 is 18.3 Å². The van der Waals surface area contributed by atoms with Gasteiger partial charge in [0.1, 0.15) is 0 Å². The van der Waals surface area contributed by atoms with Gasteiger partial charge in [0, 0.05) is 12.1 Å². The summed E-state index contributed by atoms with van der Waals surface area (Å²) < 4.78 is 0. The molecule has 0 aromatic heterocycles. The highest BCUT2D eigenvalue weighted by Gasteiger charge is 2.49. The molecule has 1 amide bonds. The van der Waals surface area contributed by atoms with E-state index in [1.807, 2.05) is 0 Å². The third kappa shape index (κ3) is 4.11. The van der Waals surface area contributed by atoms with Gasteiger partial charge in [0.25, 0.3) is 0 Å². The summed E-state index contributed by atoms with van der Waals surface area (Å²) in [5.74, 6) is 1.44. The molecule has 0 saturated heterocycles. The molecule has 3 nitrogen and oxygen atoms in total. The van der Waals surface area contributed by atoms with Gasteiger partial charge in [0.05, 0.1) is 5.92 Å². The van der Waals surface area contributed by atoms with Crippen LogP contribution in [0, 0.1) is 23.2 Å². The highest BCUT2D eigenvalue weighted by atomic mass is 35.5. The van der Waals surface area contributed by atoms with Crippen LogP contribution in [0.2, 0.25) is 0 Å². The molecular weight excluding hydrogens is 272 g/mol. The van der Waals surface area contributed by atoms with E-state index in [1.54, 1.807) is 0 Å². The maximum atomic E-state index is 12.4. The number of nitrogens with two attached hydrogens (primary N) is 1. The van der Waals surface area contributed by atoms with Gasteiger partial charge in [-0.05, 0) is 56.3 Å². The third-order valence-electron chi connectivity index (χ3n) is 5.00. The number of fused-ring (bicyclic) bond motifs is 2. The minimum absolute atomic E-state index is 0. The van der Waals surface area contributed by atoms with Gasteiger partial charge < -0.3 is 11.1 Å². The topological polar surface area (TPSA) is 55.1 Å². The van der Waals surface area contributed by atoms with Crippen LogP contribution in [0.15, 0.2) is 0 Å². The minimum Gasteiger partial charge on any atom is -0.353 e. The van der Waals surface area contributed by atoms with Gasteiger partial charge in [-0.15, -0.1) is 12.4 Å². The molecule has 0 spiro atoms. The van der Waals surface area contributed by atoms with Crippen molar-refractivity contribution in [1.82, 2.24) is 5.32 Å². The Morgan fingerprint density at radius 2 is 1.90 bits per heavy atom. The van der Waals surface area contributed by atoms with E-state index in [9.17, 15) is 4.79 Å². The zero-order chi connectivity index (χ0) is 14.2. The van der Waals surface area contributed by atoms with E-state index in [1.165, 1.54) is 19.3 Å². The lowest BCUT2D eigenvalue weighted by molar-refractivity contribution is -0.127. The van der Waals surface area contributed by atoms with Crippen LogP contribution in [0.3, 0.4) is 0 Å². The summed E-state index contributed by atoms with van der Waals surface area (Å²) in [5, 5.41) is 3.19. The first-order chi connectivity index (χ1) is 8.78. The first-order valence-electron chi connectivity index (χ1n) is 7.84. The van der Waals surface area contributed by atoms with Crippen molar-refractivity contribution in [2.75, 3.05) is 0 Å². The third-order valence-corrected chi connectivity index (χ3v) is 5.00. The van der Waals surface area contributed by atoms with E-state index < -0.39 is 0 Å². The lowest BCUT2D eigenvalue weighted by atomic mass is 9.84. The molecule has 0 radical (unpaired) electrons. The average Bonchev–Trinajstić information content (AvgIpc) is 2.85. The zero-order valence-corrected chi connectivity index (χ0v) is 14.1. The molecule has 0 aromatic carbocycles. The maximum Gasteiger partial charge on any atom is 0.225 e. The smallest absolute Gasteiger partial charge is 0.225 e. The summed E-state index contributed by atoms with van der Waals surface area (Å²) in [4.78, 5) is 12.4. The van der Waals surface area contributed by atoms with Crippen LogP contribution in [0.5, 0.6) is 0 Å². The number of halogens is 1. The van der Waals surface area contributed by atoms with Crippen LogP contribution in [0.4, 0.5) is 0 Å². The predicted octanol–water partition coefficient (Wildman–Crippen LogP) is 3.11. The Morgan fingerprint density at radius 3 is 2.40 bits per heavy atom. The fourth-order valence-corrected chi connectivity index (χ4v) is 3.79. The summed E-state index contributed by atoms with van der Waals surface area (Å²) in [6.07, 6.45) is 5.79. The molecule has 0 aromatic rings. The molecule has 2 fully saturated rings. The van der Waals surface area contributed by atoms with Crippen LogP contribution >= 0.6 is 12.4 Å². The quantitative estimate of drug-likeness (QED) is 0.838. The molecule has 5 unspecified atom stereocenters. The first kappa shape index (κ1) is 17.8. The van der Waals surface area contributed by atoms with Gasteiger partial charge in [0.2, 0.25) is 5.91 Å². The second-order valence-electron chi connectivity index (χ2n) is 7.95. The number of carbonyl (C=O) groups is 1. The average molecular weight is 303 g/mol. The van der Waals surface area contributed by atoms with Crippen molar-refractivity contribution in [3.8, 4) is 0 Å². The Morgan fingerprint density at radius 1 is 1.30 bits per heavy atom. The monoisotopic (exact) mass is 302 g/mol. The Labute approximate surface area is 129 Å². The van der Waals surface area contributed by atoms with Gasteiger partial charge in [-0.25, -0.2) is 0 Å². The van der Waals surface area contributed by atoms with Crippen LogP contribution in [-0.4, -0.2) is 18.0 Å². The fourth-order valence-electron chi connectivity index (χ4n) is 3.79. The second kappa shape index (κ2) is 6.65. The molecule has 4 heteroatoms. The van der Waals surface area contributed by atoms with Crippen molar-refractivity contribution in [2.24, 2.45) is 28.9 Å². The summed E-state index contributed by atoms with van der Waals surface area (Å²) in [7, 11) is 0. The number of hydrogen-bond donors (Lipinski definition) is 2. The zero-order valence-electron chi connectivity index (χ0n) is 13.3. The molecule has 3 N–H and O–H groups in total. The number of carbonyl (C=O) groups excluding carboxylic acids is 1. The van der Waals surface area contributed by atoms with E-state index in [0.29, 0.717) is 17.3 Å². The number of amides is 1. The predicted molar refractivity (Wildman–Crippen MR) is 85.8 cm³/mol. The second-order valence-corrected chi connectivity index (χ2v) is 7.95. The molecule has 0 heterocycles. The molecule has 2 aliphatic carbocycles. The van der Waals surface area contributed by atoms with Gasteiger partial charge >= 0.3 is 0 Å². The van der Waals surface area contributed by atoms with Crippen molar-refractivity contribution in [3.63, 3.8) is 0 Å². The Kier molecular flexibility index (Phi) is 5.91. The summed E-state index contributed by atoms with van der Waals surface area (Å²) >= 11 is 0. The van der Waals surface area contributed by atoms with Crippen molar-refractivity contribution in [1.29, 1.82) is 0 Å². The van der Waals surface area contributed by atoms with Gasteiger partial charge in [0.15, 0.2) is 0 Å². The molecule has 0 aliphatic heterocycles. The van der Waals surface area contributed by atoms with E-state index in [4.69, 9.17) is 5.73 Å². The minimum atomic E-state index is 0. The van der Waals surface area contributed by atoms with Crippen LogP contribution in [0.25, 0.3) is 0 Å². The van der Waals surface area contributed by atoms with Crippen LogP contribution in [0.1, 0.15) is 59.8 Å². The van der Waals surface area contributed by atoms with Crippen LogP contribution < -0.4 is 11.1 Å². The fraction of sp³-hybridized carbons (Fsp3) is 0.938. The largest absolute Gasteiger partial charge is 0.353 e. The van der Waals surface area contributed by atoms with Gasteiger partial charge in [-0.2, -0.15) is 0 Å². The molecule has 2 bridgehead atoms. The maximum absolute atomic E-state index is 12.4. The number of rotatable bonds is 4. The van der Waals surface area contributed by atoms with Gasteiger partial charge in [-0.3, -0.25) is 4.79 Å². The molecule has 5 atom stereocenters. The summed E-state index contributed by atoms with van der Waals surface area (Å²) in [5.41, 5.74) is 6.56. The molecule has 2 saturated carbocycles. The van der Waals surface area contributed by atoms with E-state index in [0.717, 1.165) is 12.8 Å². The molecule has 2 aliphatic rings. The highest BCUT2D eigenvalue weighted by Crippen LogP contribution is 2.47. The molecular formula is C16H31ClN2O. The lowest BCUT2D eigenvalue weighted by Gasteiger charge is -2.29. The molecule has 118 valence electrons. The standard InChI is InChI=1S/C16H30N2O.ClH/c1-10(7-8-16(2,3)4)18-15(19)13-11-5-6-12(9-11)14(13)17;/h10-14H,5-9,17H2,1-4H3,(H,18,19);1H. The highest BCUT2D eigenvalue weighted by molar-refractivity contribution is 5.85. The molecule has 20 heavy (non-hydrogen) atoms. The summed E-state index contributed by atoms with van der Waals surface area (Å²) in [6.45, 7) is 8.84. The Bertz CT molecular complexity index is 338. The van der Waals surface area contributed by atoms with E-state index >= 15 is 0 Å². The van der Waals surface area contributed by atoms with Crippen molar-refractivity contribution < 1.29 is 4.79 Å². The van der Waals surface area contributed by atoms with Crippen molar-refractivity contribution in [2.45, 2.75) is 71.9 Å². The van der Waals surface area contributed by atoms with Gasteiger partial charge in [-0.1, -0.05) is 20.8 Å². The number of nitrogens with one attached hydrogen (secondary N) is 1. The first-order valence-corrected chi connectivity index (χ1v) is 7.84. The molecule has 2 rings (SSSR count). The normalized spacial score (nSPS) is 33.6. The lowest BCUT2D eigenvalue weighted by Crippen LogP contribution is -2.47. The van der Waals surface area contributed by atoms with E-state index in [-0.39, 0.29) is 36.3 Å². The van der Waals surface area contributed by atoms with Crippen LogP contribution in [-0.2, 0) is 4.79 Å². The Hall–Kier alpha value is -0.280.